The monoisotopic (exact) mass is 162 g/mol. The van der Waals surface area contributed by atoms with Crippen LogP contribution in [0.15, 0.2) is 0 Å². The molecule has 1 unspecified atom stereocenters. The molecule has 0 aliphatic carbocycles. The number of hydrogen-bond donors (Lipinski definition) is 0. The smallest absolute Gasteiger partial charge is 0.383 e. The lowest BCUT2D eigenvalue weighted by Crippen LogP contribution is -2.36. The lowest BCUT2D eigenvalue weighted by molar-refractivity contribution is 0.232. The Morgan fingerprint density at radius 2 is 2.30 bits per heavy atom. The van der Waals surface area contributed by atoms with E-state index in [1.54, 1.807) is 0 Å². The van der Waals surface area contributed by atoms with E-state index in [4.69, 9.17) is 4.43 Å². The molecule has 0 bridgehead atoms. The molecule has 1 saturated heterocycles. The molecule has 1 aliphatic rings. The molecule has 0 N–H and O–H groups in total. The summed E-state index contributed by atoms with van der Waals surface area (Å²) in [5.41, 5.74) is 0. The van der Waals surface area contributed by atoms with Crippen molar-refractivity contribution < 1.29 is 8.53 Å². The van der Waals surface area contributed by atoms with Gasteiger partial charge in [-0.25, -0.2) is 0 Å². The SMILES string of the molecule is CCC[Si]1(F)CCCCO1. The van der Waals surface area contributed by atoms with E-state index in [-0.39, 0.29) is 0 Å². The molecule has 0 aromatic carbocycles. The molecule has 3 heteroatoms. The fourth-order valence-electron chi connectivity index (χ4n) is 1.39. The summed E-state index contributed by atoms with van der Waals surface area (Å²) < 4.78 is 18.7. The Kier molecular flexibility index (Phi) is 2.86. The molecule has 0 aromatic rings. The third-order valence-electron chi connectivity index (χ3n) is 1.93. The molecule has 1 atom stereocenters. The zero-order valence-corrected chi connectivity index (χ0v) is 7.53. The highest BCUT2D eigenvalue weighted by atomic mass is 28.4. The first-order valence-corrected chi connectivity index (χ1v) is 6.30. The molecule has 0 saturated carbocycles. The predicted molar refractivity (Wildman–Crippen MR) is 42.0 cm³/mol. The Morgan fingerprint density at radius 3 is 2.80 bits per heavy atom. The van der Waals surface area contributed by atoms with E-state index in [1.165, 1.54) is 0 Å². The summed E-state index contributed by atoms with van der Waals surface area (Å²) in [5.74, 6) is 0. The van der Waals surface area contributed by atoms with E-state index in [0.717, 1.165) is 25.3 Å². The minimum Gasteiger partial charge on any atom is -0.391 e. The van der Waals surface area contributed by atoms with Gasteiger partial charge in [0, 0.05) is 6.61 Å². The van der Waals surface area contributed by atoms with Gasteiger partial charge in [-0.15, -0.1) is 0 Å². The van der Waals surface area contributed by atoms with Gasteiger partial charge >= 0.3 is 8.65 Å². The van der Waals surface area contributed by atoms with Crippen LogP contribution >= 0.6 is 0 Å². The largest absolute Gasteiger partial charge is 0.391 e. The molecule has 0 amide bonds. The van der Waals surface area contributed by atoms with Crippen molar-refractivity contribution in [2.45, 2.75) is 38.3 Å². The van der Waals surface area contributed by atoms with Crippen LogP contribution in [0, 0.1) is 0 Å². The Morgan fingerprint density at radius 1 is 1.50 bits per heavy atom. The molecule has 1 fully saturated rings. The Hall–Kier alpha value is 0.107. The predicted octanol–water partition coefficient (Wildman–Crippen LogP) is 2.62. The lowest BCUT2D eigenvalue weighted by atomic mass is 10.4. The summed E-state index contributed by atoms with van der Waals surface area (Å²) >= 11 is 0. The Bertz CT molecular complexity index is 96.3. The van der Waals surface area contributed by atoms with E-state index < -0.39 is 8.65 Å². The maximum absolute atomic E-state index is 13.5. The minimum atomic E-state index is -2.64. The second-order valence-corrected chi connectivity index (χ2v) is 5.99. The normalized spacial score (nSPS) is 34.2. The molecule has 60 valence electrons. The molecule has 1 nitrogen and oxygen atoms in total. The molecular formula is C7H15FOSi. The van der Waals surface area contributed by atoms with E-state index in [9.17, 15) is 4.11 Å². The highest BCUT2D eigenvalue weighted by Gasteiger charge is 2.36. The van der Waals surface area contributed by atoms with Gasteiger partial charge in [0.2, 0.25) is 0 Å². The van der Waals surface area contributed by atoms with Gasteiger partial charge in [0.1, 0.15) is 0 Å². The van der Waals surface area contributed by atoms with Crippen LogP contribution < -0.4 is 0 Å². The van der Waals surface area contributed by atoms with Gasteiger partial charge in [-0.1, -0.05) is 13.3 Å². The van der Waals surface area contributed by atoms with Crippen LogP contribution in [0.2, 0.25) is 12.1 Å². The lowest BCUT2D eigenvalue weighted by Gasteiger charge is -2.26. The standard InChI is InChI=1S/C7H15FOSi/c1-2-6-10(8)7-4-3-5-9-10/h2-7H2,1H3. The summed E-state index contributed by atoms with van der Waals surface area (Å²) in [7, 11) is -2.64. The second kappa shape index (κ2) is 3.48. The molecule has 1 rings (SSSR count). The van der Waals surface area contributed by atoms with Crippen LogP contribution in [0.25, 0.3) is 0 Å². The van der Waals surface area contributed by atoms with Crippen LogP contribution in [-0.4, -0.2) is 15.3 Å². The van der Waals surface area contributed by atoms with Crippen LogP contribution in [0.4, 0.5) is 4.11 Å². The molecule has 0 spiro atoms. The van der Waals surface area contributed by atoms with Crippen LogP contribution in [0.3, 0.4) is 0 Å². The van der Waals surface area contributed by atoms with E-state index >= 15 is 0 Å². The quantitative estimate of drug-likeness (QED) is 0.448. The maximum atomic E-state index is 13.5. The van der Waals surface area contributed by atoms with Crippen LogP contribution in [0.1, 0.15) is 26.2 Å². The van der Waals surface area contributed by atoms with Crippen molar-refractivity contribution >= 4 is 8.65 Å². The van der Waals surface area contributed by atoms with E-state index in [2.05, 4.69) is 0 Å². The Balaban J connectivity index is 2.32. The molecule has 0 aromatic heterocycles. The molecular weight excluding hydrogens is 147 g/mol. The van der Waals surface area contributed by atoms with Gasteiger partial charge in [-0.2, -0.15) is 0 Å². The third-order valence-corrected chi connectivity index (χ3v) is 5.00. The second-order valence-electron chi connectivity index (χ2n) is 2.94. The summed E-state index contributed by atoms with van der Waals surface area (Å²) in [5, 5.41) is 0. The van der Waals surface area contributed by atoms with Crippen LogP contribution in [0.5, 0.6) is 0 Å². The van der Waals surface area contributed by atoms with E-state index in [0.29, 0.717) is 12.7 Å². The zero-order valence-electron chi connectivity index (χ0n) is 6.53. The van der Waals surface area contributed by atoms with Crippen molar-refractivity contribution in [1.29, 1.82) is 0 Å². The van der Waals surface area contributed by atoms with Gasteiger partial charge < -0.3 is 4.43 Å². The maximum Gasteiger partial charge on any atom is 0.383 e. The van der Waals surface area contributed by atoms with Crippen LogP contribution in [-0.2, 0) is 4.43 Å². The highest BCUT2D eigenvalue weighted by Crippen LogP contribution is 2.27. The van der Waals surface area contributed by atoms with Crippen molar-refractivity contribution in [2.75, 3.05) is 6.61 Å². The molecule has 1 aliphatic heterocycles. The number of hydrogen-bond acceptors (Lipinski definition) is 1. The van der Waals surface area contributed by atoms with Crippen molar-refractivity contribution in [3.8, 4) is 0 Å². The van der Waals surface area contributed by atoms with Crippen molar-refractivity contribution in [1.82, 2.24) is 0 Å². The fourth-order valence-corrected chi connectivity index (χ4v) is 3.96. The first-order valence-electron chi connectivity index (χ1n) is 4.10. The average molecular weight is 162 g/mol. The van der Waals surface area contributed by atoms with Crippen molar-refractivity contribution in [3.05, 3.63) is 0 Å². The minimum absolute atomic E-state index is 0.669. The average Bonchev–Trinajstić information content (AvgIpc) is 1.89. The van der Waals surface area contributed by atoms with E-state index in [1.807, 2.05) is 6.92 Å². The van der Waals surface area contributed by atoms with Gasteiger partial charge in [-0.05, 0) is 24.9 Å². The molecule has 0 radical (unpaired) electrons. The summed E-state index contributed by atoms with van der Waals surface area (Å²) in [6.45, 7) is 2.69. The third kappa shape index (κ3) is 2.06. The summed E-state index contributed by atoms with van der Waals surface area (Å²) in [6, 6.07) is 1.44. The summed E-state index contributed by atoms with van der Waals surface area (Å²) in [6.07, 6.45) is 3.04. The number of halogens is 1. The molecule has 1 heterocycles. The van der Waals surface area contributed by atoms with Gasteiger partial charge in [0.15, 0.2) is 0 Å². The number of rotatable bonds is 2. The molecule has 10 heavy (non-hydrogen) atoms. The first kappa shape index (κ1) is 8.21. The van der Waals surface area contributed by atoms with Gasteiger partial charge in [0.05, 0.1) is 0 Å². The first-order chi connectivity index (χ1) is 4.77. The van der Waals surface area contributed by atoms with Gasteiger partial charge in [0.25, 0.3) is 0 Å². The summed E-state index contributed by atoms with van der Waals surface area (Å²) in [4.78, 5) is 0. The van der Waals surface area contributed by atoms with Crippen molar-refractivity contribution in [2.24, 2.45) is 0 Å². The fraction of sp³-hybridized carbons (Fsp3) is 1.00. The van der Waals surface area contributed by atoms with Gasteiger partial charge in [-0.3, -0.25) is 4.11 Å². The highest BCUT2D eigenvalue weighted by molar-refractivity contribution is 6.66. The topological polar surface area (TPSA) is 9.23 Å². The zero-order chi connectivity index (χ0) is 7.45. The van der Waals surface area contributed by atoms with Crippen molar-refractivity contribution in [3.63, 3.8) is 0 Å². The Labute approximate surface area is 62.9 Å².